The Morgan fingerprint density at radius 2 is 2.12 bits per heavy atom. The summed E-state index contributed by atoms with van der Waals surface area (Å²) >= 11 is 0. The maximum absolute atomic E-state index is 11.8. The Hall–Kier alpha value is -2.22. The van der Waals surface area contributed by atoms with Crippen LogP contribution in [0.1, 0.15) is 19.4 Å². The molecule has 0 spiro atoms. The molecule has 17 heavy (non-hydrogen) atoms. The third-order valence-corrected chi connectivity index (χ3v) is 2.47. The van der Waals surface area contributed by atoms with Crippen LogP contribution in [-0.2, 0) is 0 Å². The second-order valence-corrected chi connectivity index (χ2v) is 3.52. The quantitative estimate of drug-likeness (QED) is 0.782. The van der Waals surface area contributed by atoms with E-state index in [1.54, 1.807) is 17.0 Å². The summed E-state index contributed by atoms with van der Waals surface area (Å²) in [6, 6.07) is 6.59. The Morgan fingerprint density at radius 3 is 2.59 bits per heavy atom. The molecule has 1 aromatic rings. The summed E-state index contributed by atoms with van der Waals surface area (Å²) in [5.74, 6) is 0. The number of hydrogen-bond acceptors (Lipinski definition) is 3. The largest absolute Gasteiger partial charge is 0.397 e. The van der Waals surface area contributed by atoms with E-state index >= 15 is 0 Å². The van der Waals surface area contributed by atoms with Crippen molar-refractivity contribution < 1.29 is 4.79 Å². The van der Waals surface area contributed by atoms with Gasteiger partial charge in [0.1, 0.15) is 0 Å². The van der Waals surface area contributed by atoms with Crippen LogP contribution in [0.15, 0.2) is 18.2 Å². The number of hydrogen-bond donors (Lipinski definition) is 2. The lowest BCUT2D eigenvalue weighted by atomic mass is 10.2. The monoisotopic (exact) mass is 232 g/mol. The van der Waals surface area contributed by atoms with Gasteiger partial charge in [-0.1, -0.05) is 0 Å². The van der Waals surface area contributed by atoms with E-state index in [0.29, 0.717) is 30.0 Å². The Kier molecular flexibility index (Phi) is 4.35. The van der Waals surface area contributed by atoms with E-state index in [2.05, 4.69) is 5.32 Å². The molecule has 0 heterocycles. The predicted molar refractivity (Wildman–Crippen MR) is 67.5 cm³/mol. The molecule has 5 nitrogen and oxygen atoms in total. The molecule has 1 rings (SSSR count). The van der Waals surface area contributed by atoms with Gasteiger partial charge in [0, 0.05) is 13.1 Å². The van der Waals surface area contributed by atoms with Gasteiger partial charge in [0.05, 0.1) is 23.0 Å². The van der Waals surface area contributed by atoms with Gasteiger partial charge in [-0.05, 0) is 32.0 Å². The van der Waals surface area contributed by atoms with Gasteiger partial charge >= 0.3 is 6.03 Å². The second-order valence-electron chi connectivity index (χ2n) is 3.52. The van der Waals surface area contributed by atoms with Crippen molar-refractivity contribution in [2.45, 2.75) is 13.8 Å². The van der Waals surface area contributed by atoms with Crippen molar-refractivity contribution in [1.82, 2.24) is 4.90 Å². The Morgan fingerprint density at radius 1 is 1.47 bits per heavy atom. The summed E-state index contributed by atoms with van der Waals surface area (Å²) in [4.78, 5) is 13.4. The maximum Gasteiger partial charge on any atom is 0.321 e. The number of anilines is 2. The fourth-order valence-corrected chi connectivity index (χ4v) is 1.45. The van der Waals surface area contributed by atoms with Crippen LogP contribution in [0.3, 0.4) is 0 Å². The highest BCUT2D eigenvalue weighted by Crippen LogP contribution is 2.19. The first-order valence-corrected chi connectivity index (χ1v) is 5.47. The van der Waals surface area contributed by atoms with E-state index in [0.717, 1.165) is 0 Å². The topological polar surface area (TPSA) is 82.2 Å². The highest BCUT2D eigenvalue weighted by atomic mass is 16.2. The van der Waals surface area contributed by atoms with Crippen LogP contribution in [0.2, 0.25) is 0 Å². The van der Waals surface area contributed by atoms with Gasteiger partial charge in [-0.15, -0.1) is 0 Å². The molecule has 0 aliphatic carbocycles. The number of amides is 2. The number of rotatable bonds is 3. The lowest BCUT2D eigenvalue weighted by Gasteiger charge is -2.19. The van der Waals surface area contributed by atoms with Crippen LogP contribution in [-0.4, -0.2) is 24.0 Å². The molecule has 0 aliphatic rings. The Labute approximate surface area is 101 Å². The molecule has 0 atom stereocenters. The van der Waals surface area contributed by atoms with Crippen LogP contribution in [0.25, 0.3) is 0 Å². The molecule has 0 saturated carbocycles. The number of nitrogens with one attached hydrogen (secondary N) is 1. The lowest BCUT2D eigenvalue weighted by Crippen LogP contribution is -2.34. The highest BCUT2D eigenvalue weighted by molar-refractivity contribution is 5.92. The highest BCUT2D eigenvalue weighted by Gasteiger charge is 2.10. The van der Waals surface area contributed by atoms with Gasteiger partial charge in [-0.25, -0.2) is 4.79 Å². The van der Waals surface area contributed by atoms with Crippen molar-refractivity contribution in [1.29, 1.82) is 5.26 Å². The first kappa shape index (κ1) is 12.8. The molecule has 0 bridgehead atoms. The minimum Gasteiger partial charge on any atom is -0.397 e. The van der Waals surface area contributed by atoms with Crippen LogP contribution in [0.5, 0.6) is 0 Å². The summed E-state index contributed by atoms with van der Waals surface area (Å²) in [6.07, 6.45) is 0. The summed E-state index contributed by atoms with van der Waals surface area (Å²) < 4.78 is 0. The van der Waals surface area contributed by atoms with Crippen molar-refractivity contribution in [3.63, 3.8) is 0 Å². The fourth-order valence-electron chi connectivity index (χ4n) is 1.45. The molecule has 3 N–H and O–H groups in total. The standard InChI is InChI=1S/C12H16N4O/c1-3-16(4-2)12(17)15-11-6-5-9(8-13)7-10(11)14/h5-7H,3-4,14H2,1-2H3,(H,15,17). The number of nitrogens with two attached hydrogens (primary N) is 1. The Balaban J connectivity index is 2.82. The number of urea groups is 1. The van der Waals surface area contributed by atoms with Gasteiger partial charge in [-0.3, -0.25) is 0 Å². The minimum absolute atomic E-state index is 0.189. The second kappa shape index (κ2) is 5.75. The summed E-state index contributed by atoms with van der Waals surface area (Å²) in [5.41, 5.74) is 7.14. The molecule has 90 valence electrons. The van der Waals surface area contributed by atoms with Gasteiger partial charge in [0.2, 0.25) is 0 Å². The van der Waals surface area contributed by atoms with E-state index in [-0.39, 0.29) is 6.03 Å². The van der Waals surface area contributed by atoms with E-state index in [9.17, 15) is 4.79 Å². The number of nitrogen functional groups attached to an aromatic ring is 1. The van der Waals surface area contributed by atoms with Crippen molar-refractivity contribution in [2.75, 3.05) is 24.1 Å². The van der Waals surface area contributed by atoms with Crippen molar-refractivity contribution in [2.24, 2.45) is 0 Å². The summed E-state index contributed by atoms with van der Waals surface area (Å²) in [6.45, 7) is 5.09. The van der Waals surface area contributed by atoms with Crippen LogP contribution in [0, 0.1) is 11.3 Å². The molecular formula is C12H16N4O. The number of nitrogens with zero attached hydrogens (tertiary/aromatic N) is 2. The zero-order chi connectivity index (χ0) is 12.8. The van der Waals surface area contributed by atoms with Crippen molar-refractivity contribution in [3.05, 3.63) is 23.8 Å². The minimum atomic E-state index is -0.189. The molecule has 5 heteroatoms. The molecule has 0 saturated heterocycles. The zero-order valence-electron chi connectivity index (χ0n) is 10.0. The SMILES string of the molecule is CCN(CC)C(=O)Nc1ccc(C#N)cc1N. The van der Waals surface area contributed by atoms with Crippen molar-refractivity contribution in [3.8, 4) is 6.07 Å². The molecule has 0 aromatic heterocycles. The van der Waals surface area contributed by atoms with Gasteiger partial charge in [0.15, 0.2) is 0 Å². The lowest BCUT2D eigenvalue weighted by molar-refractivity contribution is 0.217. The molecule has 0 fully saturated rings. The number of nitriles is 1. The maximum atomic E-state index is 11.8. The van der Waals surface area contributed by atoms with Crippen LogP contribution >= 0.6 is 0 Å². The fraction of sp³-hybridized carbons (Fsp3) is 0.333. The molecule has 0 radical (unpaired) electrons. The third kappa shape index (κ3) is 3.11. The number of carbonyl (C=O) groups is 1. The predicted octanol–water partition coefficient (Wildman–Crippen LogP) is 2.01. The molecular weight excluding hydrogens is 216 g/mol. The van der Waals surface area contributed by atoms with Gasteiger partial charge in [0.25, 0.3) is 0 Å². The van der Waals surface area contributed by atoms with E-state index in [4.69, 9.17) is 11.0 Å². The Bertz CT molecular complexity index is 446. The molecule has 0 aliphatic heterocycles. The smallest absolute Gasteiger partial charge is 0.321 e. The number of benzene rings is 1. The normalized spacial score (nSPS) is 9.47. The summed E-state index contributed by atoms with van der Waals surface area (Å²) in [7, 11) is 0. The number of carbonyl (C=O) groups excluding carboxylic acids is 1. The van der Waals surface area contributed by atoms with E-state index in [1.165, 1.54) is 6.07 Å². The van der Waals surface area contributed by atoms with E-state index < -0.39 is 0 Å². The zero-order valence-corrected chi connectivity index (χ0v) is 10.0. The summed E-state index contributed by atoms with van der Waals surface area (Å²) in [5, 5.41) is 11.4. The van der Waals surface area contributed by atoms with Crippen LogP contribution in [0.4, 0.5) is 16.2 Å². The van der Waals surface area contributed by atoms with Crippen molar-refractivity contribution >= 4 is 17.4 Å². The van der Waals surface area contributed by atoms with Gasteiger partial charge < -0.3 is 16.0 Å². The van der Waals surface area contributed by atoms with Gasteiger partial charge in [-0.2, -0.15) is 5.26 Å². The average molecular weight is 232 g/mol. The average Bonchev–Trinajstić information content (AvgIpc) is 2.33. The van der Waals surface area contributed by atoms with E-state index in [1.807, 2.05) is 19.9 Å². The first-order chi connectivity index (χ1) is 8.12. The van der Waals surface area contributed by atoms with Crippen LogP contribution < -0.4 is 11.1 Å². The third-order valence-electron chi connectivity index (χ3n) is 2.47. The molecule has 1 aromatic carbocycles. The first-order valence-electron chi connectivity index (χ1n) is 5.47. The molecule has 2 amide bonds. The molecule has 0 unspecified atom stereocenters.